The zero-order valence-electron chi connectivity index (χ0n) is 8.39. The summed E-state index contributed by atoms with van der Waals surface area (Å²) in [6.07, 6.45) is 1.30. The van der Waals surface area contributed by atoms with Gasteiger partial charge in [-0.05, 0) is 6.42 Å². The van der Waals surface area contributed by atoms with E-state index < -0.39 is 8.07 Å². The summed E-state index contributed by atoms with van der Waals surface area (Å²) in [7, 11) is -1.13. The van der Waals surface area contributed by atoms with Gasteiger partial charge in [0, 0.05) is 5.33 Å². The Kier molecular flexibility index (Phi) is 4.20. The summed E-state index contributed by atoms with van der Waals surface area (Å²) >= 11 is 3.50. The van der Waals surface area contributed by atoms with E-state index in [1.807, 2.05) is 0 Å². The van der Waals surface area contributed by atoms with Crippen LogP contribution in [0.5, 0.6) is 0 Å². The topological polar surface area (TPSA) is 0 Å². The molecule has 0 unspecified atom stereocenters. The molecule has 0 aliphatic carbocycles. The minimum Gasteiger partial charge on any atom is -0.0928 e. The highest BCUT2D eigenvalue weighted by molar-refractivity contribution is 9.09. The highest BCUT2D eigenvalue weighted by Gasteiger charge is 2.21. The molecule has 0 fully saturated rings. The fourth-order valence-corrected chi connectivity index (χ4v) is 4.78. The van der Waals surface area contributed by atoms with Gasteiger partial charge in [0.25, 0.3) is 0 Å². The fourth-order valence-electron chi connectivity index (χ4n) is 1.54. The van der Waals surface area contributed by atoms with Crippen LogP contribution in [0.25, 0.3) is 0 Å². The van der Waals surface area contributed by atoms with Gasteiger partial charge in [-0.2, -0.15) is 0 Å². The van der Waals surface area contributed by atoms with Gasteiger partial charge in [0.05, 0.1) is 8.07 Å². The lowest BCUT2D eigenvalue weighted by atomic mass is 10.4. The van der Waals surface area contributed by atoms with E-state index in [1.165, 1.54) is 12.5 Å². The molecule has 13 heavy (non-hydrogen) atoms. The molecule has 1 aromatic rings. The molecule has 0 aliphatic heterocycles. The molecule has 0 N–H and O–H groups in total. The van der Waals surface area contributed by atoms with Crippen LogP contribution in [0.2, 0.25) is 19.1 Å². The number of halogens is 1. The van der Waals surface area contributed by atoms with Gasteiger partial charge in [0.2, 0.25) is 0 Å². The van der Waals surface area contributed by atoms with Crippen LogP contribution in [0.3, 0.4) is 0 Å². The van der Waals surface area contributed by atoms with Crippen molar-refractivity contribution in [3.8, 4) is 0 Å². The van der Waals surface area contributed by atoms with E-state index in [9.17, 15) is 0 Å². The van der Waals surface area contributed by atoms with E-state index in [1.54, 1.807) is 5.19 Å². The smallest absolute Gasteiger partial charge is 0.0806 e. The minimum atomic E-state index is -1.13. The molecule has 0 atom stereocenters. The second-order valence-corrected chi connectivity index (χ2v) is 9.68. The molecule has 0 amide bonds. The molecule has 0 heterocycles. The van der Waals surface area contributed by atoms with Crippen LogP contribution in [0.4, 0.5) is 0 Å². The maximum atomic E-state index is 3.50. The number of hydrogen-bond acceptors (Lipinski definition) is 0. The van der Waals surface area contributed by atoms with Crippen LogP contribution in [0.15, 0.2) is 30.3 Å². The number of hydrogen-bond donors (Lipinski definition) is 0. The Morgan fingerprint density at radius 3 is 2.31 bits per heavy atom. The third-order valence-electron chi connectivity index (χ3n) is 2.49. The Labute approximate surface area is 90.5 Å². The molecule has 0 nitrogen and oxygen atoms in total. The average molecular weight is 257 g/mol. The third kappa shape index (κ3) is 3.28. The molecule has 2 heteroatoms. The largest absolute Gasteiger partial charge is 0.0928 e. The van der Waals surface area contributed by atoms with Gasteiger partial charge < -0.3 is 0 Å². The molecule has 72 valence electrons. The van der Waals surface area contributed by atoms with Crippen molar-refractivity contribution in [3.63, 3.8) is 0 Å². The Hall–Kier alpha value is -0.0831. The van der Waals surface area contributed by atoms with Gasteiger partial charge in [0.15, 0.2) is 0 Å². The second kappa shape index (κ2) is 4.96. The molecule has 1 aromatic carbocycles. The standard InChI is InChI=1S/C11H17BrSi/c1-13(2,10-6-9-12)11-7-4-3-5-8-11/h3-5,7-8H,6,9-10H2,1-2H3. The zero-order valence-corrected chi connectivity index (χ0v) is 11.0. The third-order valence-corrected chi connectivity index (χ3v) is 6.55. The summed E-state index contributed by atoms with van der Waals surface area (Å²) in [5, 5.41) is 2.71. The lowest BCUT2D eigenvalue weighted by Gasteiger charge is -2.22. The highest BCUT2D eigenvalue weighted by atomic mass is 79.9. The van der Waals surface area contributed by atoms with Crippen molar-refractivity contribution in [2.45, 2.75) is 25.6 Å². The van der Waals surface area contributed by atoms with Crippen molar-refractivity contribution in [2.75, 3.05) is 5.33 Å². The van der Waals surface area contributed by atoms with E-state index >= 15 is 0 Å². The Morgan fingerprint density at radius 1 is 1.15 bits per heavy atom. The molecule has 0 saturated heterocycles. The van der Waals surface area contributed by atoms with Gasteiger partial charge in [-0.3, -0.25) is 0 Å². The molecule has 0 aliphatic rings. The van der Waals surface area contributed by atoms with Gasteiger partial charge in [0.1, 0.15) is 0 Å². The van der Waals surface area contributed by atoms with Crippen LogP contribution in [-0.4, -0.2) is 13.4 Å². The quantitative estimate of drug-likeness (QED) is 0.573. The lowest BCUT2D eigenvalue weighted by Crippen LogP contribution is -2.40. The summed E-state index contributed by atoms with van der Waals surface area (Å²) in [4.78, 5) is 0. The Bertz CT molecular complexity index is 244. The van der Waals surface area contributed by atoms with Crippen LogP contribution < -0.4 is 5.19 Å². The van der Waals surface area contributed by atoms with E-state index in [4.69, 9.17) is 0 Å². The van der Waals surface area contributed by atoms with Crippen LogP contribution in [0.1, 0.15) is 6.42 Å². The van der Waals surface area contributed by atoms with Gasteiger partial charge in [-0.25, -0.2) is 0 Å². The molecular weight excluding hydrogens is 240 g/mol. The van der Waals surface area contributed by atoms with Crippen molar-refractivity contribution >= 4 is 29.2 Å². The van der Waals surface area contributed by atoms with E-state index in [-0.39, 0.29) is 0 Å². The van der Waals surface area contributed by atoms with Gasteiger partial charge >= 0.3 is 0 Å². The van der Waals surface area contributed by atoms with Gasteiger partial charge in [-0.15, -0.1) is 0 Å². The highest BCUT2D eigenvalue weighted by Crippen LogP contribution is 2.13. The Balaban J connectivity index is 2.69. The normalized spacial score (nSPS) is 11.6. The summed E-state index contributed by atoms with van der Waals surface area (Å²) in [6, 6.07) is 12.3. The molecule has 0 spiro atoms. The Morgan fingerprint density at radius 2 is 1.77 bits per heavy atom. The molecule has 1 rings (SSSR count). The lowest BCUT2D eigenvalue weighted by molar-refractivity contribution is 1.08. The summed E-state index contributed by atoms with van der Waals surface area (Å²) in [5.41, 5.74) is 0. The molecular formula is C11H17BrSi. The van der Waals surface area contributed by atoms with Crippen molar-refractivity contribution in [1.29, 1.82) is 0 Å². The first-order valence-corrected chi connectivity index (χ1v) is 9.11. The van der Waals surface area contributed by atoms with E-state index in [0.717, 1.165) is 5.33 Å². The van der Waals surface area contributed by atoms with Crippen molar-refractivity contribution in [1.82, 2.24) is 0 Å². The van der Waals surface area contributed by atoms with Crippen LogP contribution in [-0.2, 0) is 0 Å². The second-order valence-electron chi connectivity index (χ2n) is 4.04. The number of rotatable bonds is 4. The zero-order chi connectivity index (χ0) is 9.73. The number of alkyl halides is 1. The van der Waals surface area contributed by atoms with E-state index in [0.29, 0.717) is 0 Å². The first-order valence-electron chi connectivity index (χ1n) is 4.78. The van der Waals surface area contributed by atoms with Crippen LogP contribution in [0, 0.1) is 0 Å². The molecule has 0 aromatic heterocycles. The monoisotopic (exact) mass is 256 g/mol. The predicted octanol–water partition coefficient (Wildman–Crippen LogP) is 3.39. The van der Waals surface area contributed by atoms with Crippen LogP contribution >= 0.6 is 15.9 Å². The minimum absolute atomic E-state index is 1.13. The van der Waals surface area contributed by atoms with Gasteiger partial charge in [-0.1, -0.05) is 70.6 Å². The summed E-state index contributed by atoms with van der Waals surface area (Å²) in [6.45, 7) is 4.90. The maximum absolute atomic E-state index is 3.50. The van der Waals surface area contributed by atoms with Crippen molar-refractivity contribution in [2.24, 2.45) is 0 Å². The fraction of sp³-hybridized carbons (Fsp3) is 0.455. The van der Waals surface area contributed by atoms with Crippen molar-refractivity contribution in [3.05, 3.63) is 30.3 Å². The first-order chi connectivity index (χ1) is 6.17. The molecule has 0 saturated carbocycles. The predicted molar refractivity (Wildman–Crippen MR) is 66.8 cm³/mol. The number of benzene rings is 1. The van der Waals surface area contributed by atoms with Crippen molar-refractivity contribution < 1.29 is 0 Å². The first kappa shape index (κ1) is 11.0. The maximum Gasteiger partial charge on any atom is 0.0806 e. The SMILES string of the molecule is C[Si](C)(CCCBr)c1ccccc1. The summed E-state index contributed by atoms with van der Waals surface area (Å²) < 4.78 is 0. The van der Waals surface area contributed by atoms with E-state index in [2.05, 4.69) is 59.4 Å². The molecule has 0 bridgehead atoms. The molecule has 0 radical (unpaired) electrons. The summed E-state index contributed by atoms with van der Waals surface area (Å²) in [5.74, 6) is 0. The average Bonchev–Trinajstić information content (AvgIpc) is 2.16.